The Labute approximate surface area is 149 Å². The molecular formula is C17H14ClNO3S2. The molecule has 0 bridgehead atoms. The third kappa shape index (κ3) is 3.95. The molecule has 1 amide bonds. The minimum Gasteiger partial charge on any atom is -0.326 e. The number of rotatable bonds is 5. The van der Waals surface area contributed by atoms with Gasteiger partial charge in [-0.25, -0.2) is 8.42 Å². The number of benzene rings is 2. The zero-order chi connectivity index (χ0) is 17.2. The Kier molecular flexibility index (Phi) is 4.89. The average Bonchev–Trinajstić information content (AvgIpc) is 3.01. The fourth-order valence-electron chi connectivity index (χ4n) is 2.25. The van der Waals surface area contributed by atoms with Crippen LogP contribution >= 0.6 is 22.9 Å². The summed E-state index contributed by atoms with van der Waals surface area (Å²) in [5, 5.41) is 6.23. The first kappa shape index (κ1) is 17.0. The van der Waals surface area contributed by atoms with E-state index in [0.29, 0.717) is 10.7 Å². The molecule has 0 unspecified atom stereocenters. The topological polar surface area (TPSA) is 63.2 Å². The van der Waals surface area contributed by atoms with Crippen LogP contribution in [0.1, 0.15) is 6.42 Å². The van der Waals surface area contributed by atoms with Gasteiger partial charge < -0.3 is 5.32 Å². The first-order chi connectivity index (χ1) is 11.4. The van der Waals surface area contributed by atoms with Crippen molar-refractivity contribution in [3.8, 4) is 0 Å². The van der Waals surface area contributed by atoms with Crippen LogP contribution in [0.4, 0.5) is 5.69 Å². The lowest BCUT2D eigenvalue weighted by Gasteiger charge is -2.07. The highest BCUT2D eigenvalue weighted by molar-refractivity contribution is 7.91. The van der Waals surface area contributed by atoms with Crippen LogP contribution in [0.25, 0.3) is 10.1 Å². The van der Waals surface area contributed by atoms with E-state index >= 15 is 0 Å². The van der Waals surface area contributed by atoms with Crippen molar-refractivity contribution in [2.24, 2.45) is 0 Å². The van der Waals surface area contributed by atoms with Crippen LogP contribution in [0.3, 0.4) is 0 Å². The molecule has 3 rings (SSSR count). The van der Waals surface area contributed by atoms with Crippen molar-refractivity contribution in [1.82, 2.24) is 0 Å². The lowest BCUT2D eigenvalue weighted by atomic mass is 10.2. The van der Waals surface area contributed by atoms with Crippen LogP contribution in [0.5, 0.6) is 0 Å². The summed E-state index contributed by atoms with van der Waals surface area (Å²) in [5.41, 5.74) is 0.662. The average molecular weight is 380 g/mol. The van der Waals surface area contributed by atoms with E-state index in [1.165, 1.54) is 24.3 Å². The van der Waals surface area contributed by atoms with Gasteiger partial charge in [-0.15, -0.1) is 11.3 Å². The third-order valence-electron chi connectivity index (χ3n) is 3.51. The number of sulfone groups is 1. The summed E-state index contributed by atoms with van der Waals surface area (Å²) in [5.74, 6) is -0.580. The van der Waals surface area contributed by atoms with Gasteiger partial charge in [0.25, 0.3) is 0 Å². The number of nitrogens with one attached hydrogen (secondary N) is 1. The monoisotopic (exact) mass is 379 g/mol. The minimum atomic E-state index is -3.51. The summed E-state index contributed by atoms with van der Waals surface area (Å²) >= 11 is 7.38. The molecule has 2 aromatic carbocycles. The standard InChI is InChI=1S/C17H14ClNO3S2/c18-13-1-4-15(5-2-13)24(21,22)10-8-17(20)19-14-3-6-16-12(11-14)7-9-23-16/h1-7,9,11H,8,10H2,(H,19,20). The smallest absolute Gasteiger partial charge is 0.225 e. The molecule has 24 heavy (non-hydrogen) atoms. The molecule has 0 atom stereocenters. The SMILES string of the molecule is O=C(CCS(=O)(=O)c1ccc(Cl)cc1)Nc1ccc2sccc2c1. The fraction of sp³-hybridized carbons (Fsp3) is 0.118. The van der Waals surface area contributed by atoms with E-state index in [2.05, 4.69) is 5.32 Å². The van der Waals surface area contributed by atoms with Gasteiger partial charge in [-0.1, -0.05) is 11.6 Å². The van der Waals surface area contributed by atoms with Crippen LogP contribution in [0, 0.1) is 0 Å². The number of anilines is 1. The maximum Gasteiger partial charge on any atom is 0.225 e. The highest BCUT2D eigenvalue weighted by Crippen LogP contribution is 2.24. The Morgan fingerprint density at radius 1 is 1.08 bits per heavy atom. The first-order valence-corrected chi connectivity index (χ1v) is 10.1. The Morgan fingerprint density at radius 2 is 1.83 bits per heavy atom. The molecule has 0 saturated carbocycles. The lowest BCUT2D eigenvalue weighted by Crippen LogP contribution is -2.17. The highest BCUT2D eigenvalue weighted by Gasteiger charge is 2.16. The second kappa shape index (κ2) is 6.93. The largest absolute Gasteiger partial charge is 0.326 e. The van der Waals surface area contributed by atoms with E-state index in [1.807, 2.05) is 29.6 Å². The van der Waals surface area contributed by atoms with Gasteiger partial charge in [-0.05, 0) is 59.3 Å². The van der Waals surface area contributed by atoms with E-state index in [4.69, 9.17) is 11.6 Å². The molecule has 124 valence electrons. The maximum atomic E-state index is 12.2. The van der Waals surface area contributed by atoms with Crippen LogP contribution in [0.15, 0.2) is 58.8 Å². The molecule has 1 N–H and O–H groups in total. The van der Waals surface area contributed by atoms with Crippen molar-refractivity contribution in [3.05, 3.63) is 58.9 Å². The van der Waals surface area contributed by atoms with E-state index in [1.54, 1.807) is 11.3 Å². The molecule has 7 heteroatoms. The molecule has 0 aliphatic rings. The van der Waals surface area contributed by atoms with Crippen LogP contribution < -0.4 is 5.32 Å². The number of carbonyl (C=O) groups is 1. The summed E-state index contributed by atoms with van der Waals surface area (Å²) in [4.78, 5) is 12.2. The lowest BCUT2D eigenvalue weighted by molar-refractivity contribution is -0.115. The molecule has 1 aromatic heterocycles. The van der Waals surface area contributed by atoms with Crippen molar-refractivity contribution >= 4 is 54.5 Å². The zero-order valence-electron chi connectivity index (χ0n) is 12.5. The Morgan fingerprint density at radius 3 is 2.58 bits per heavy atom. The normalized spacial score (nSPS) is 11.5. The molecule has 0 aliphatic carbocycles. The van der Waals surface area contributed by atoms with Crippen LogP contribution in [0.2, 0.25) is 5.02 Å². The predicted molar refractivity (Wildman–Crippen MR) is 98.6 cm³/mol. The van der Waals surface area contributed by atoms with Gasteiger partial charge in [0.15, 0.2) is 9.84 Å². The Bertz CT molecular complexity index is 978. The summed E-state index contributed by atoms with van der Waals surface area (Å²) in [6.45, 7) is 0. The molecule has 3 aromatic rings. The maximum absolute atomic E-state index is 12.2. The number of hydrogen-bond donors (Lipinski definition) is 1. The van der Waals surface area contributed by atoms with E-state index in [0.717, 1.165) is 10.1 Å². The van der Waals surface area contributed by atoms with Crippen LogP contribution in [-0.2, 0) is 14.6 Å². The molecule has 0 aliphatic heterocycles. The quantitative estimate of drug-likeness (QED) is 0.716. The van der Waals surface area contributed by atoms with E-state index in [-0.39, 0.29) is 23.0 Å². The second-order valence-electron chi connectivity index (χ2n) is 5.24. The fourth-order valence-corrected chi connectivity index (χ4v) is 4.39. The second-order valence-corrected chi connectivity index (χ2v) is 8.74. The molecule has 0 saturated heterocycles. The van der Waals surface area contributed by atoms with Crippen molar-refractivity contribution < 1.29 is 13.2 Å². The Balaban J connectivity index is 1.63. The molecule has 0 radical (unpaired) electrons. The Hall–Kier alpha value is -1.89. The van der Waals surface area contributed by atoms with E-state index in [9.17, 15) is 13.2 Å². The van der Waals surface area contributed by atoms with Crippen LogP contribution in [-0.4, -0.2) is 20.1 Å². The number of thiophene rings is 1. The van der Waals surface area contributed by atoms with Crippen molar-refractivity contribution in [2.45, 2.75) is 11.3 Å². The zero-order valence-corrected chi connectivity index (χ0v) is 14.9. The molecule has 0 spiro atoms. The third-order valence-corrected chi connectivity index (χ3v) is 6.39. The number of halogens is 1. The van der Waals surface area contributed by atoms with Crippen molar-refractivity contribution in [2.75, 3.05) is 11.1 Å². The molecule has 0 fully saturated rings. The van der Waals surface area contributed by atoms with Gasteiger partial charge >= 0.3 is 0 Å². The molecule has 4 nitrogen and oxygen atoms in total. The number of hydrogen-bond acceptors (Lipinski definition) is 4. The summed E-state index contributed by atoms with van der Waals surface area (Å²) in [7, 11) is -3.51. The first-order valence-electron chi connectivity index (χ1n) is 7.19. The summed E-state index contributed by atoms with van der Waals surface area (Å²) in [6, 6.07) is 13.5. The van der Waals surface area contributed by atoms with Gasteiger partial charge in [-0.3, -0.25) is 4.79 Å². The summed E-state index contributed by atoms with van der Waals surface area (Å²) < 4.78 is 25.6. The van der Waals surface area contributed by atoms with Gasteiger partial charge in [0.1, 0.15) is 0 Å². The van der Waals surface area contributed by atoms with Gasteiger partial charge in [0, 0.05) is 21.8 Å². The molecular weight excluding hydrogens is 366 g/mol. The number of amides is 1. The predicted octanol–water partition coefficient (Wildman–Crippen LogP) is 4.36. The van der Waals surface area contributed by atoms with Crippen molar-refractivity contribution in [3.63, 3.8) is 0 Å². The minimum absolute atomic E-state index is 0.105. The summed E-state index contributed by atoms with van der Waals surface area (Å²) in [6.07, 6.45) is -0.105. The molecule has 1 heterocycles. The van der Waals surface area contributed by atoms with Gasteiger partial charge in [0.2, 0.25) is 5.91 Å². The highest BCUT2D eigenvalue weighted by atomic mass is 35.5. The number of carbonyl (C=O) groups excluding carboxylic acids is 1. The van der Waals surface area contributed by atoms with Gasteiger partial charge in [-0.2, -0.15) is 0 Å². The van der Waals surface area contributed by atoms with Crippen molar-refractivity contribution in [1.29, 1.82) is 0 Å². The number of fused-ring (bicyclic) bond motifs is 1. The van der Waals surface area contributed by atoms with Gasteiger partial charge in [0.05, 0.1) is 10.6 Å². The van der Waals surface area contributed by atoms with E-state index < -0.39 is 9.84 Å².